The van der Waals surface area contributed by atoms with Crippen molar-refractivity contribution in [1.82, 2.24) is 9.80 Å². The molecule has 0 saturated carbocycles. The summed E-state index contributed by atoms with van der Waals surface area (Å²) in [5.41, 5.74) is 0. The van der Waals surface area contributed by atoms with Crippen LogP contribution in [0.2, 0.25) is 0 Å². The number of hydrogen-bond acceptors (Lipinski definition) is 7. The monoisotopic (exact) mass is 627 g/mol. The molecule has 0 spiro atoms. The number of nitrogens with zero attached hydrogens (tertiary/aromatic N) is 2. The minimum atomic E-state index is -1.19. The van der Waals surface area contributed by atoms with Crippen molar-refractivity contribution in [2.24, 2.45) is 23.7 Å². The molecule has 41 heavy (non-hydrogen) atoms. The van der Waals surface area contributed by atoms with Gasteiger partial charge < -0.3 is 20.1 Å². The van der Waals surface area contributed by atoms with Crippen molar-refractivity contribution in [3.63, 3.8) is 0 Å². The van der Waals surface area contributed by atoms with E-state index >= 15 is 0 Å². The maximum Gasteiger partial charge on any atom is 2.00 e. The van der Waals surface area contributed by atoms with Crippen molar-refractivity contribution in [2.45, 2.75) is 98.8 Å². The molecule has 0 rings (SSSR count). The molecule has 0 heterocycles. The van der Waals surface area contributed by atoms with Gasteiger partial charge in [0, 0.05) is 13.1 Å². The molecule has 0 aliphatic carbocycles. The van der Waals surface area contributed by atoms with E-state index in [1.54, 1.807) is 0 Å². The number of carboxylic acid groups (broad SMARTS) is 3. The van der Waals surface area contributed by atoms with E-state index in [0.717, 1.165) is 37.0 Å². The number of ether oxygens (including phenoxy) is 1. The van der Waals surface area contributed by atoms with Crippen LogP contribution in [0.4, 0.5) is 0 Å². The molecule has 11 heteroatoms. The van der Waals surface area contributed by atoms with Gasteiger partial charge in [0.2, 0.25) is 0 Å². The summed E-state index contributed by atoms with van der Waals surface area (Å²) >= 11 is 0. The van der Waals surface area contributed by atoms with Crippen LogP contribution in [0.5, 0.6) is 0 Å². The number of aliphatic carboxylic acids is 3. The molecule has 0 aliphatic heterocycles. The van der Waals surface area contributed by atoms with E-state index in [4.69, 9.17) is 20.1 Å². The van der Waals surface area contributed by atoms with Crippen LogP contribution >= 0.6 is 0 Å². The van der Waals surface area contributed by atoms with Gasteiger partial charge in [-0.15, -0.1) is 0 Å². The van der Waals surface area contributed by atoms with Gasteiger partial charge in [-0.1, -0.05) is 92.4 Å². The summed E-state index contributed by atoms with van der Waals surface area (Å²) in [6.07, 6.45) is 12.0. The van der Waals surface area contributed by atoms with Crippen LogP contribution in [0.1, 0.15) is 98.8 Å². The second kappa shape index (κ2) is 24.9. The number of carboxylic acids is 3. The van der Waals surface area contributed by atoms with Crippen LogP contribution in [0.3, 0.4) is 0 Å². The van der Waals surface area contributed by atoms with E-state index < -0.39 is 43.5 Å². The molecule has 0 bridgehead atoms. The molecule has 0 aromatic carbocycles. The first-order chi connectivity index (χ1) is 18.8. The Balaban J connectivity index is 0. The quantitative estimate of drug-likeness (QED) is 0.0899. The third-order valence-corrected chi connectivity index (χ3v) is 7.30. The maximum atomic E-state index is 12.3. The molecule has 0 aromatic rings. The SMILES string of the molecule is CC(C)CCCC(C)CCCC(C)CCCC(C)CCOC(=O)CN(CCN(CC(=O)O)CC(=O)O)CC(=O)O.[Mn+2]. The summed E-state index contributed by atoms with van der Waals surface area (Å²) in [5, 5.41) is 27.0. The fourth-order valence-corrected chi connectivity index (χ4v) is 4.82. The van der Waals surface area contributed by atoms with E-state index in [1.165, 1.54) is 54.7 Å². The molecule has 3 N–H and O–H groups in total. The van der Waals surface area contributed by atoms with Gasteiger partial charge >= 0.3 is 40.9 Å². The van der Waals surface area contributed by atoms with Crippen molar-refractivity contribution in [3.05, 3.63) is 0 Å². The Kier molecular flexibility index (Phi) is 25.2. The van der Waals surface area contributed by atoms with E-state index in [1.807, 2.05) is 0 Å². The first-order valence-electron chi connectivity index (χ1n) is 15.0. The smallest absolute Gasteiger partial charge is 0.480 e. The zero-order valence-corrected chi connectivity index (χ0v) is 27.2. The molecule has 0 amide bonds. The van der Waals surface area contributed by atoms with Crippen LogP contribution in [0.25, 0.3) is 0 Å². The van der Waals surface area contributed by atoms with Gasteiger partial charge in [0.25, 0.3) is 0 Å². The third kappa shape index (κ3) is 26.9. The van der Waals surface area contributed by atoms with Gasteiger partial charge in [-0.3, -0.25) is 29.0 Å². The Bertz CT molecular complexity index is 721. The minimum absolute atomic E-state index is 0. The summed E-state index contributed by atoms with van der Waals surface area (Å²) in [6.45, 7) is 10.0. The van der Waals surface area contributed by atoms with Crippen molar-refractivity contribution in [2.75, 3.05) is 45.9 Å². The number of rotatable bonds is 26. The molecule has 3 unspecified atom stereocenters. The summed E-state index contributed by atoms with van der Waals surface area (Å²) in [7, 11) is 0. The molecule has 0 aromatic heterocycles. The summed E-state index contributed by atoms with van der Waals surface area (Å²) < 4.78 is 5.33. The molecule has 0 saturated heterocycles. The summed E-state index contributed by atoms with van der Waals surface area (Å²) in [6, 6.07) is 0. The molecule has 0 fully saturated rings. The third-order valence-electron chi connectivity index (χ3n) is 7.30. The van der Waals surface area contributed by atoms with Crippen LogP contribution < -0.4 is 0 Å². The largest absolute Gasteiger partial charge is 2.00 e. The van der Waals surface area contributed by atoms with Gasteiger partial charge in [0.05, 0.1) is 32.8 Å². The second-order valence-electron chi connectivity index (χ2n) is 12.1. The van der Waals surface area contributed by atoms with Crippen molar-refractivity contribution < 1.29 is 56.3 Å². The molecule has 0 aliphatic rings. The summed E-state index contributed by atoms with van der Waals surface area (Å²) in [4.78, 5) is 47.9. The Labute approximate surface area is 258 Å². The average Bonchev–Trinajstić information content (AvgIpc) is 2.81. The Morgan fingerprint density at radius 3 is 1.27 bits per heavy atom. The number of carbonyl (C=O) groups excluding carboxylic acids is 1. The van der Waals surface area contributed by atoms with Crippen molar-refractivity contribution in [1.29, 1.82) is 0 Å². The van der Waals surface area contributed by atoms with E-state index in [9.17, 15) is 19.2 Å². The van der Waals surface area contributed by atoms with Gasteiger partial charge in [0.15, 0.2) is 0 Å². The fourth-order valence-electron chi connectivity index (χ4n) is 4.82. The van der Waals surface area contributed by atoms with E-state index in [2.05, 4.69) is 34.6 Å². The van der Waals surface area contributed by atoms with Crippen molar-refractivity contribution in [3.8, 4) is 0 Å². The van der Waals surface area contributed by atoms with E-state index in [-0.39, 0.29) is 43.3 Å². The predicted molar refractivity (Wildman–Crippen MR) is 155 cm³/mol. The molecular weight excluding hydrogens is 571 g/mol. The van der Waals surface area contributed by atoms with Gasteiger partial charge in [-0.05, 0) is 30.1 Å². The second-order valence-corrected chi connectivity index (χ2v) is 12.1. The van der Waals surface area contributed by atoms with Crippen LogP contribution in [0.15, 0.2) is 0 Å². The maximum absolute atomic E-state index is 12.3. The van der Waals surface area contributed by atoms with Crippen molar-refractivity contribution >= 4 is 23.9 Å². The Hall–Kier alpha value is -1.68. The Morgan fingerprint density at radius 2 is 0.902 bits per heavy atom. The van der Waals surface area contributed by atoms with Gasteiger partial charge in [-0.2, -0.15) is 0 Å². The average molecular weight is 628 g/mol. The van der Waals surface area contributed by atoms with Gasteiger partial charge in [0.1, 0.15) is 0 Å². The van der Waals surface area contributed by atoms with Crippen LogP contribution in [0, 0.1) is 23.7 Å². The minimum Gasteiger partial charge on any atom is -0.480 e. The topological polar surface area (TPSA) is 145 Å². The number of carbonyl (C=O) groups is 4. The van der Waals surface area contributed by atoms with Crippen LogP contribution in [-0.4, -0.2) is 94.9 Å². The standard InChI is InChI=1S/C30H56N2O8.Mn/c1-23(2)9-6-10-24(3)11-7-12-25(4)13-8-14-26(5)15-18-40-30(39)22-32(21-29(37)38)17-16-31(19-27(33)34)20-28(35)36;/h23-26H,6-22H2,1-5H3,(H,33,34)(H,35,36)(H,37,38);/q;+2. The zero-order chi connectivity index (χ0) is 30.5. The molecule has 3 atom stereocenters. The zero-order valence-electron chi connectivity index (χ0n) is 26.0. The molecular formula is C30H56MnN2O8+2. The Morgan fingerprint density at radius 1 is 0.561 bits per heavy atom. The fraction of sp³-hybridized carbons (Fsp3) is 0.867. The molecule has 239 valence electrons. The normalized spacial score (nSPS) is 13.6. The first kappa shape index (κ1) is 41.5. The van der Waals surface area contributed by atoms with Crippen LogP contribution in [-0.2, 0) is 41.0 Å². The summed E-state index contributed by atoms with van der Waals surface area (Å²) in [5.74, 6) is -1.33. The first-order valence-corrected chi connectivity index (χ1v) is 15.0. The number of esters is 1. The molecule has 1 radical (unpaired) electrons. The molecule has 10 nitrogen and oxygen atoms in total. The van der Waals surface area contributed by atoms with Gasteiger partial charge in [-0.25, -0.2) is 0 Å². The predicted octanol–water partition coefficient (Wildman–Crippen LogP) is 4.85. The number of hydrogen-bond donors (Lipinski definition) is 3. The van der Waals surface area contributed by atoms with E-state index in [0.29, 0.717) is 5.92 Å².